The second-order valence-corrected chi connectivity index (χ2v) is 4.63. The fourth-order valence-electron chi connectivity index (χ4n) is 0.647. The summed E-state index contributed by atoms with van der Waals surface area (Å²) in [5, 5.41) is 15.6. The molecule has 0 aromatic rings. The lowest BCUT2D eigenvalue weighted by molar-refractivity contribution is -0.0149. The molecule has 0 aromatic heterocycles. The third-order valence-corrected chi connectivity index (χ3v) is 3.41. The Morgan fingerprint density at radius 1 is 1.33 bits per heavy atom. The van der Waals surface area contributed by atoms with Gasteiger partial charge < -0.3 is 10.2 Å². The van der Waals surface area contributed by atoms with E-state index < -0.39 is 21.4 Å². The van der Waals surface area contributed by atoms with Crippen LogP contribution in [0, 0.1) is 0 Å². The number of alkyl halides is 4. The molecule has 0 spiro atoms. The minimum Gasteiger partial charge on any atom is -0.389 e. The maximum absolute atomic E-state index is 9.44. The molecule has 2 nitrogen and oxygen atoms in total. The monoisotopic (exact) mass is 254 g/mol. The Morgan fingerprint density at radius 3 is 2.00 bits per heavy atom. The topological polar surface area (TPSA) is 40.5 Å². The SMILES string of the molecule is CCC(O)C(O)(Cl)C(Cl)C(Cl)Cl. The zero-order valence-corrected chi connectivity index (χ0v) is 9.37. The van der Waals surface area contributed by atoms with Crippen LogP contribution < -0.4 is 0 Å². The van der Waals surface area contributed by atoms with Gasteiger partial charge in [0.05, 0.1) is 6.10 Å². The highest BCUT2D eigenvalue weighted by atomic mass is 35.5. The van der Waals surface area contributed by atoms with E-state index in [1.807, 2.05) is 0 Å². The van der Waals surface area contributed by atoms with Crippen molar-refractivity contribution < 1.29 is 10.2 Å². The Hall–Kier alpha value is 1.08. The molecule has 3 unspecified atom stereocenters. The van der Waals surface area contributed by atoms with Crippen LogP contribution in [0.2, 0.25) is 0 Å². The summed E-state index contributed by atoms with van der Waals surface area (Å²) in [5.74, 6) is 0. The predicted octanol–water partition coefficient (Wildman–Crippen LogP) is 2.10. The Labute approximate surface area is 91.4 Å². The Morgan fingerprint density at radius 2 is 1.75 bits per heavy atom. The number of halogens is 4. The maximum atomic E-state index is 9.44. The van der Waals surface area contributed by atoms with E-state index >= 15 is 0 Å². The van der Waals surface area contributed by atoms with Crippen LogP contribution in [0.4, 0.5) is 0 Å². The molecule has 0 fully saturated rings. The van der Waals surface area contributed by atoms with E-state index in [4.69, 9.17) is 46.4 Å². The van der Waals surface area contributed by atoms with Crippen molar-refractivity contribution in [3.63, 3.8) is 0 Å². The Kier molecular flexibility index (Phi) is 5.54. The molecule has 0 saturated carbocycles. The van der Waals surface area contributed by atoms with Gasteiger partial charge in [0.1, 0.15) is 10.2 Å². The van der Waals surface area contributed by atoms with Crippen LogP contribution in [0.3, 0.4) is 0 Å². The molecule has 0 heterocycles. The highest BCUT2D eigenvalue weighted by molar-refractivity contribution is 6.49. The van der Waals surface area contributed by atoms with Gasteiger partial charge in [-0.2, -0.15) is 0 Å². The summed E-state index contributed by atoms with van der Waals surface area (Å²) in [7, 11) is 0. The highest BCUT2D eigenvalue weighted by Crippen LogP contribution is 2.32. The lowest BCUT2D eigenvalue weighted by Crippen LogP contribution is -2.47. The third-order valence-electron chi connectivity index (χ3n) is 1.46. The molecule has 6 heteroatoms. The zero-order chi connectivity index (χ0) is 9.94. The van der Waals surface area contributed by atoms with Gasteiger partial charge in [-0.05, 0) is 6.42 Å². The van der Waals surface area contributed by atoms with E-state index in [0.29, 0.717) is 0 Å². The smallest absolute Gasteiger partial charge is 0.183 e. The van der Waals surface area contributed by atoms with Gasteiger partial charge in [0.2, 0.25) is 0 Å². The van der Waals surface area contributed by atoms with Crippen molar-refractivity contribution in [2.45, 2.75) is 34.7 Å². The number of hydrogen-bond acceptors (Lipinski definition) is 2. The molecule has 0 aliphatic carbocycles. The second-order valence-electron chi connectivity index (χ2n) is 2.39. The van der Waals surface area contributed by atoms with Gasteiger partial charge in [-0.15, -0.1) is 34.8 Å². The maximum Gasteiger partial charge on any atom is 0.183 e. The number of rotatable bonds is 4. The van der Waals surface area contributed by atoms with Crippen molar-refractivity contribution in [1.29, 1.82) is 0 Å². The molecule has 0 bridgehead atoms. The normalized spacial score (nSPS) is 22.0. The molecule has 0 rings (SSSR count). The minimum absolute atomic E-state index is 0.268. The molecule has 74 valence electrons. The molecule has 0 aliphatic heterocycles. The van der Waals surface area contributed by atoms with Gasteiger partial charge in [-0.3, -0.25) is 0 Å². The van der Waals surface area contributed by atoms with E-state index in [2.05, 4.69) is 0 Å². The largest absolute Gasteiger partial charge is 0.389 e. The molecule has 0 aliphatic rings. The van der Waals surface area contributed by atoms with Crippen molar-refractivity contribution in [3.05, 3.63) is 0 Å². The molecular weight excluding hydrogens is 246 g/mol. The molecule has 2 N–H and O–H groups in total. The molecule has 0 radical (unpaired) electrons. The molecule has 0 aromatic carbocycles. The first kappa shape index (κ1) is 13.1. The van der Waals surface area contributed by atoms with Crippen LogP contribution in [0.5, 0.6) is 0 Å². The van der Waals surface area contributed by atoms with Crippen LogP contribution in [0.25, 0.3) is 0 Å². The van der Waals surface area contributed by atoms with E-state index in [1.54, 1.807) is 6.92 Å². The minimum atomic E-state index is -1.98. The van der Waals surface area contributed by atoms with Gasteiger partial charge in [0.25, 0.3) is 0 Å². The Bertz CT molecular complexity index is 140. The fraction of sp³-hybridized carbons (Fsp3) is 1.00. The molecular formula is C6H10Cl4O2. The number of aliphatic hydroxyl groups excluding tert-OH is 1. The summed E-state index contributed by atoms with van der Waals surface area (Å²) in [6.45, 7) is 1.65. The third kappa shape index (κ3) is 3.09. The van der Waals surface area contributed by atoms with Gasteiger partial charge >= 0.3 is 0 Å². The summed E-state index contributed by atoms with van der Waals surface area (Å²) in [6.07, 6.45) is -0.884. The average molecular weight is 256 g/mol. The first-order valence-corrected chi connectivity index (χ1v) is 5.04. The standard InChI is InChI=1S/C6H10Cl4O2/c1-2-3(11)6(10,12)4(7)5(8)9/h3-5,11-12H,2H2,1H3. The summed E-state index contributed by atoms with van der Waals surface area (Å²) in [6, 6.07) is 0. The van der Waals surface area contributed by atoms with Gasteiger partial charge in [-0.1, -0.05) is 18.5 Å². The number of hydrogen-bond donors (Lipinski definition) is 2. The number of aliphatic hydroxyl groups is 2. The molecule has 3 atom stereocenters. The average Bonchev–Trinajstić information content (AvgIpc) is 2.01. The van der Waals surface area contributed by atoms with E-state index in [-0.39, 0.29) is 6.42 Å². The molecule has 12 heavy (non-hydrogen) atoms. The van der Waals surface area contributed by atoms with E-state index in [9.17, 15) is 10.2 Å². The zero-order valence-electron chi connectivity index (χ0n) is 6.35. The van der Waals surface area contributed by atoms with E-state index in [0.717, 1.165) is 0 Å². The second kappa shape index (κ2) is 5.08. The van der Waals surface area contributed by atoms with Crippen LogP contribution >= 0.6 is 46.4 Å². The van der Waals surface area contributed by atoms with Crippen LogP contribution in [0.1, 0.15) is 13.3 Å². The fourth-order valence-corrected chi connectivity index (χ4v) is 1.59. The first-order valence-electron chi connectivity index (χ1n) is 3.35. The molecule has 0 saturated heterocycles. The van der Waals surface area contributed by atoms with Crippen LogP contribution in [-0.2, 0) is 0 Å². The van der Waals surface area contributed by atoms with E-state index in [1.165, 1.54) is 0 Å². The van der Waals surface area contributed by atoms with Crippen LogP contribution in [0.15, 0.2) is 0 Å². The lowest BCUT2D eigenvalue weighted by Gasteiger charge is -2.30. The quantitative estimate of drug-likeness (QED) is 0.756. The van der Waals surface area contributed by atoms with Gasteiger partial charge in [0.15, 0.2) is 5.06 Å². The van der Waals surface area contributed by atoms with Crippen molar-refractivity contribution in [3.8, 4) is 0 Å². The van der Waals surface area contributed by atoms with Gasteiger partial charge in [-0.25, -0.2) is 0 Å². The molecule has 0 amide bonds. The first-order chi connectivity index (χ1) is 5.34. The summed E-state index contributed by atoms with van der Waals surface area (Å²) in [4.78, 5) is -1.03. The van der Waals surface area contributed by atoms with Crippen molar-refractivity contribution in [1.82, 2.24) is 0 Å². The van der Waals surface area contributed by atoms with Gasteiger partial charge in [0, 0.05) is 0 Å². The summed E-state index contributed by atoms with van der Waals surface area (Å²) in [5.41, 5.74) is 0. The van der Waals surface area contributed by atoms with Crippen molar-refractivity contribution in [2.75, 3.05) is 0 Å². The summed E-state index contributed by atoms with van der Waals surface area (Å²) < 4.78 is 0. The predicted molar refractivity (Wildman–Crippen MR) is 52.2 cm³/mol. The van der Waals surface area contributed by atoms with Crippen LogP contribution in [-0.4, -0.2) is 31.6 Å². The lowest BCUT2D eigenvalue weighted by atomic mass is 10.1. The summed E-state index contributed by atoms with van der Waals surface area (Å²) >= 11 is 21.9. The highest BCUT2D eigenvalue weighted by Gasteiger charge is 2.43. The Balaban J connectivity index is 4.37. The van der Waals surface area contributed by atoms with Crippen molar-refractivity contribution in [2.24, 2.45) is 0 Å². The van der Waals surface area contributed by atoms with Crippen molar-refractivity contribution >= 4 is 46.4 Å².